The lowest BCUT2D eigenvalue weighted by Crippen LogP contribution is -2.23. The lowest BCUT2D eigenvalue weighted by molar-refractivity contribution is 0.0875. The Bertz CT molecular complexity index is 1740. The Morgan fingerprint density at radius 1 is 0.950 bits per heavy atom. The summed E-state index contributed by atoms with van der Waals surface area (Å²) in [5.41, 5.74) is 8.33. The van der Waals surface area contributed by atoms with Gasteiger partial charge in [0.2, 0.25) is 0 Å². The highest BCUT2D eigenvalue weighted by Crippen LogP contribution is 2.40. The Labute approximate surface area is 236 Å². The van der Waals surface area contributed by atoms with Gasteiger partial charge in [-0.05, 0) is 48.4 Å². The number of carbonyl (C=O) groups excluding carboxylic acids is 1. The number of carbonyl (C=O) groups is 1. The number of allylic oxidation sites excluding steroid dienone is 2. The zero-order chi connectivity index (χ0) is 27.9. The van der Waals surface area contributed by atoms with E-state index in [2.05, 4.69) is 62.0 Å². The average Bonchev–Trinajstić information content (AvgIpc) is 3.56. The Morgan fingerprint density at radius 3 is 2.58 bits per heavy atom. The summed E-state index contributed by atoms with van der Waals surface area (Å²) in [5, 5.41) is 5.98. The zero-order valence-corrected chi connectivity index (χ0v) is 24.5. The normalized spacial score (nSPS) is 13.8. The molecule has 1 aliphatic heterocycles. The number of ether oxygens (including phenoxy) is 1. The van der Waals surface area contributed by atoms with Gasteiger partial charge in [-0.3, -0.25) is 9.78 Å². The minimum absolute atomic E-state index is 0.0977. The molecular formula is C33H34N4O2Si. The molecule has 1 aliphatic rings. The summed E-state index contributed by atoms with van der Waals surface area (Å²) in [6, 6.07) is 23.4. The molecule has 0 atom stereocenters. The molecule has 4 heterocycles. The fraction of sp³-hybridized carbons (Fsp3) is 0.242. The number of benzene rings is 2. The number of fused-ring (bicyclic) bond motifs is 2. The zero-order valence-electron chi connectivity index (χ0n) is 23.5. The predicted molar refractivity (Wildman–Crippen MR) is 164 cm³/mol. The van der Waals surface area contributed by atoms with Gasteiger partial charge in [0.25, 0.3) is 5.91 Å². The van der Waals surface area contributed by atoms with E-state index in [9.17, 15) is 4.79 Å². The first-order valence-corrected chi connectivity index (χ1v) is 17.5. The molecule has 0 saturated carbocycles. The highest BCUT2D eigenvalue weighted by atomic mass is 28.3. The van der Waals surface area contributed by atoms with Crippen LogP contribution in [0.25, 0.3) is 38.9 Å². The number of hydrogen-bond donors (Lipinski definition) is 0. The van der Waals surface area contributed by atoms with Gasteiger partial charge in [-0.25, -0.2) is 0 Å². The van der Waals surface area contributed by atoms with Crippen molar-refractivity contribution in [3.05, 3.63) is 102 Å². The first-order valence-electron chi connectivity index (χ1n) is 13.8. The Hall–Kier alpha value is -4.07. The second kappa shape index (κ2) is 10.5. The summed E-state index contributed by atoms with van der Waals surface area (Å²) in [6.45, 7) is 10.4. The molecule has 3 aromatic heterocycles. The fourth-order valence-corrected chi connectivity index (χ4v) is 6.09. The molecule has 0 amide bonds. The minimum atomic E-state index is -1.14. The van der Waals surface area contributed by atoms with Crippen LogP contribution in [0, 0.1) is 0 Å². The highest BCUT2D eigenvalue weighted by Gasteiger charge is 2.31. The van der Waals surface area contributed by atoms with Crippen LogP contribution in [-0.2, 0) is 17.9 Å². The number of aromatic nitrogens is 4. The van der Waals surface area contributed by atoms with Crippen LogP contribution < -0.4 is 0 Å². The van der Waals surface area contributed by atoms with Crippen molar-refractivity contribution < 1.29 is 9.53 Å². The topological polar surface area (TPSA) is 61.9 Å². The van der Waals surface area contributed by atoms with Crippen LogP contribution in [-0.4, -0.2) is 39.9 Å². The van der Waals surface area contributed by atoms with Crippen molar-refractivity contribution in [2.45, 2.75) is 45.8 Å². The smallest absolute Gasteiger partial charge is 0.279 e. The molecule has 0 fully saturated rings. The summed E-state index contributed by atoms with van der Waals surface area (Å²) in [4.78, 5) is 18.5. The maximum Gasteiger partial charge on any atom is 0.279 e. The third-order valence-corrected chi connectivity index (χ3v) is 9.17. The second-order valence-corrected chi connectivity index (χ2v) is 17.4. The van der Waals surface area contributed by atoms with Crippen molar-refractivity contribution >= 4 is 30.5 Å². The van der Waals surface area contributed by atoms with Gasteiger partial charge in [-0.2, -0.15) is 9.78 Å². The molecule has 0 aliphatic carbocycles. The van der Waals surface area contributed by atoms with Gasteiger partial charge in [0.15, 0.2) is 0 Å². The van der Waals surface area contributed by atoms with Gasteiger partial charge >= 0.3 is 0 Å². The molecule has 0 unspecified atom stereocenters. The summed E-state index contributed by atoms with van der Waals surface area (Å²) >= 11 is 0. The van der Waals surface area contributed by atoms with Crippen molar-refractivity contribution in [2.75, 3.05) is 6.61 Å². The average molecular weight is 547 g/mol. The summed E-state index contributed by atoms with van der Waals surface area (Å²) < 4.78 is 9.64. The van der Waals surface area contributed by atoms with Crippen molar-refractivity contribution in [3.8, 4) is 22.4 Å². The quantitative estimate of drug-likeness (QED) is 0.149. The number of nitrogens with zero attached hydrogens (tertiary/aromatic N) is 4. The molecule has 5 aromatic rings. The van der Waals surface area contributed by atoms with Crippen molar-refractivity contribution in [2.24, 2.45) is 0 Å². The fourth-order valence-electron chi connectivity index (χ4n) is 5.33. The van der Waals surface area contributed by atoms with Gasteiger partial charge in [-0.1, -0.05) is 67.7 Å². The molecule has 6 rings (SSSR count). The molecule has 0 N–H and O–H groups in total. The predicted octanol–water partition coefficient (Wildman–Crippen LogP) is 7.55. The summed E-state index contributed by atoms with van der Waals surface area (Å²) in [5.74, 6) is -0.0977. The van der Waals surface area contributed by atoms with Crippen LogP contribution >= 0.6 is 0 Å². The van der Waals surface area contributed by atoms with E-state index in [0.29, 0.717) is 18.7 Å². The largest absolute Gasteiger partial charge is 0.361 e. The van der Waals surface area contributed by atoms with E-state index in [0.717, 1.165) is 62.8 Å². The molecule has 202 valence electrons. The highest BCUT2D eigenvalue weighted by molar-refractivity contribution is 6.76. The van der Waals surface area contributed by atoms with Crippen molar-refractivity contribution in [1.29, 1.82) is 0 Å². The van der Waals surface area contributed by atoms with Crippen LogP contribution in [0.3, 0.4) is 0 Å². The molecular weight excluding hydrogens is 512 g/mol. The molecule has 0 bridgehead atoms. The first-order chi connectivity index (χ1) is 19.3. The van der Waals surface area contributed by atoms with E-state index in [1.165, 1.54) is 0 Å². The van der Waals surface area contributed by atoms with Crippen molar-refractivity contribution in [3.63, 3.8) is 0 Å². The molecule has 0 radical (unpaired) electrons. The van der Waals surface area contributed by atoms with Crippen molar-refractivity contribution in [1.82, 2.24) is 19.3 Å². The van der Waals surface area contributed by atoms with E-state index >= 15 is 0 Å². The number of rotatable bonds is 8. The SMILES string of the molecule is CC1=C(c2ccc3ncccc3c2)C(=O)n2nc(-c3ccn(COCC[Si](C)(C)C)c3)c(-c3ccccc3)c2C1. The standard InChI is InChI=1S/C33H34N4O2Si/c1-23-19-29-31(24-9-6-5-7-10-24)32(27-14-16-36(21-27)22-39-17-18-40(2,3)4)35-37(29)33(38)30(23)26-12-13-28-25(20-26)11-8-15-34-28/h5-16,20-21H,17-19,22H2,1-4H3. The van der Waals surface area contributed by atoms with E-state index in [1.807, 2.05) is 53.2 Å². The lowest BCUT2D eigenvalue weighted by atomic mass is 9.90. The van der Waals surface area contributed by atoms with Gasteiger partial charge in [-0.15, -0.1) is 0 Å². The Kier molecular flexibility index (Phi) is 6.86. The maximum atomic E-state index is 14.1. The van der Waals surface area contributed by atoms with E-state index in [1.54, 1.807) is 10.9 Å². The first kappa shape index (κ1) is 26.2. The maximum absolute atomic E-state index is 14.1. The molecule has 0 saturated heterocycles. The third kappa shape index (κ3) is 5.10. The molecule has 6 nitrogen and oxygen atoms in total. The molecule has 7 heteroatoms. The van der Waals surface area contributed by atoms with E-state index in [4.69, 9.17) is 9.84 Å². The Morgan fingerprint density at radius 2 is 1.77 bits per heavy atom. The Balaban J connectivity index is 1.37. The van der Waals surface area contributed by atoms with Gasteiger partial charge in [0.05, 0.1) is 11.2 Å². The monoisotopic (exact) mass is 546 g/mol. The number of pyridine rings is 1. The van der Waals surface area contributed by atoms with Gasteiger partial charge in [0, 0.05) is 61.8 Å². The van der Waals surface area contributed by atoms with Gasteiger partial charge < -0.3 is 9.30 Å². The van der Waals surface area contributed by atoms with E-state index < -0.39 is 8.07 Å². The lowest BCUT2D eigenvalue weighted by Gasteiger charge is -2.20. The summed E-state index contributed by atoms with van der Waals surface area (Å²) in [6.07, 6.45) is 6.52. The third-order valence-electron chi connectivity index (χ3n) is 7.46. The molecule has 2 aromatic carbocycles. The number of hydrogen-bond acceptors (Lipinski definition) is 4. The van der Waals surface area contributed by atoms with E-state index in [-0.39, 0.29) is 5.91 Å². The molecule has 0 spiro atoms. The van der Waals surface area contributed by atoms with Crippen LogP contribution in [0.4, 0.5) is 0 Å². The molecule has 40 heavy (non-hydrogen) atoms. The van der Waals surface area contributed by atoms with Crippen LogP contribution in [0.5, 0.6) is 0 Å². The second-order valence-electron chi connectivity index (χ2n) is 11.8. The van der Waals surface area contributed by atoms with Crippen LogP contribution in [0.15, 0.2) is 90.9 Å². The summed E-state index contributed by atoms with van der Waals surface area (Å²) in [7, 11) is -1.14. The minimum Gasteiger partial charge on any atom is -0.361 e. The van der Waals surface area contributed by atoms with Crippen LogP contribution in [0.2, 0.25) is 25.7 Å². The van der Waals surface area contributed by atoms with Crippen LogP contribution in [0.1, 0.15) is 23.0 Å². The van der Waals surface area contributed by atoms with Gasteiger partial charge in [0.1, 0.15) is 12.4 Å².